The Morgan fingerprint density at radius 3 is 2.80 bits per heavy atom. The van der Waals surface area contributed by atoms with Crippen LogP contribution < -0.4 is 20.5 Å². The Bertz CT molecular complexity index is 913. The molecule has 2 aromatic heterocycles. The highest BCUT2D eigenvalue weighted by Crippen LogP contribution is 2.30. The van der Waals surface area contributed by atoms with Crippen LogP contribution in [0.5, 0.6) is 11.5 Å². The van der Waals surface area contributed by atoms with Gasteiger partial charge in [-0.3, -0.25) is 4.79 Å². The number of aromatic amines is 1. The molecule has 0 fully saturated rings. The molecule has 4 N–H and O–H groups in total. The second-order valence-electron chi connectivity index (χ2n) is 4.91. The van der Waals surface area contributed by atoms with E-state index in [9.17, 15) is 4.79 Å². The van der Waals surface area contributed by atoms with Gasteiger partial charge in [0.1, 0.15) is 11.8 Å². The first-order valence-corrected chi connectivity index (χ1v) is 8.20. The number of H-pyrrole nitrogens is 1. The van der Waals surface area contributed by atoms with Crippen molar-refractivity contribution in [1.82, 2.24) is 19.9 Å². The number of imidazole rings is 1. The van der Waals surface area contributed by atoms with Crippen LogP contribution in [0, 0.1) is 0 Å². The van der Waals surface area contributed by atoms with Gasteiger partial charge in [0.05, 0.1) is 20.0 Å². The number of nitrogens with zero attached hydrogens (tertiary/aromatic N) is 3. The van der Waals surface area contributed by atoms with Gasteiger partial charge in [0.25, 0.3) is 0 Å². The van der Waals surface area contributed by atoms with E-state index in [0.29, 0.717) is 39.3 Å². The van der Waals surface area contributed by atoms with Gasteiger partial charge in [-0.15, -0.1) is 0 Å². The number of ether oxygens (including phenoxy) is 2. The van der Waals surface area contributed by atoms with Gasteiger partial charge >= 0.3 is 0 Å². The number of hydrogen-bond acceptors (Lipinski definition) is 8. The van der Waals surface area contributed by atoms with Crippen LogP contribution in [-0.2, 0) is 4.79 Å². The minimum absolute atomic E-state index is 0.168. The maximum Gasteiger partial charge on any atom is 0.234 e. The number of benzene rings is 1. The molecule has 3 rings (SSSR count). The van der Waals surface area contributed by atoms with Crippen LogP contribution in [0.4, 0.5) is 11.5 Å². The maximum absolute atomic E-state index is 12.1. The fourth-order valence-corrected chi connectivity index (χ4v) is 2.80. The number of fused-ring (bicyclic) bond motifs is 1. The Kier molecular flexibility index (Phi) is 4.89. The number of aromatic nitrogens is 4. The van der Waals surface area contributed by atoms with Crippen LogP contribution in [0.15, 0.2) is 29.7 Å². The Labute approximate surface area is 147 Å². The van der Waals surface area contributed by atoms with Crippen molar-refractivity contribution in [2.45, 2.75) is 5.16 Å². The third kappa shape index (κ3) is 3.74. The zero-order valence-electron chi connectivity index (χ0n) is 13.6. The number of nitrogens with two attached hydrogens (primary N) is 1. The number of thioether (sulfide) groups is 1. The van der Waals surface area contributed by atoms with Crippen molar-refractivity contribution in [1.29, 1.82) is 0 Å². The smallest absolute Gasteiger partial charge is 0.234 e. The third-order valence-electron chi connectivity index (χ3n) is 3.30. The van der Waals surface area contributed by atoms with Gasteiger partial charge in [-0.2, -0.15) is 0 Å². The van der Waals surface area contributed by atoms with Crippen LogP contribution in [0.3, 0.4) is 0 Å². The molecule has 0 atom stereocenters. The molecule has 0 aliphatic carbocycles. The van der Waals surface area contributed by atoms with E-state index in [1.165, 1.54) is 25.2 Å². The van der Waals surface area contributed by atoms with E-state index < -0.39 is 0 Å². The SMILES string of the molecule is COc1ccc(NC(=O)CSc2nc3ncnc(N)c3[nH]2)cc1OC. The number of anilines is 2. The predicted octanol–water partition coefficient (Wildman–Crippen LogP) is 1.68. The summed E-state index contributed by atoms with van der Waals surface area (Å²) in [6.07, 6.45) is 1.34. The Balaban J connectivity index is 1.63. The van der Waals surface area contributed by atoms with Crippen LogP contribution in [0.1, 0.15) is 0 Å². The average Bonchev–Trinajstić information content (AvgIpc) is 3.04. The lowest BCUT2D eigenvalue weighted by Gasteiger charge is -2.10. The number of carbonyl (C=O) groups is 1. The third-order valence-corrected chi connectivity index (χ3v) is 4.18. The zero-order chi connectivity index (χ0) is 17.8. The van der Waals surface area contributed by atoms with Crippen molar-refractivity contribution in [2.75, 3.05) is 31.0 Å². The molecule has 10 heteroatoms. The lowest BCUT2D eigenvalue weighted by Crippen LogP contribution is -2.14. The highest BCUT2D eigenvalue weighted by atomic mass is 32.2. The van der Waals surface area contributed by atoms with Gasteiger partial charge in [-0.1, -0.05) is 11.8 Å². The fraction of sp³-hybridized carbons (Fsp3) is 0.200. The van der Waals surface area contributed by atoms with Crippen molar-refractivity contribution in [3.8, 4) is 11.5 Å². The van der Waals surface area contributed by atoms with E-state index in [0.717, 1.165) is 0 Å². The first-order valence-electron chi connectivity index (χ1n) is 7.21. The molecule has 0 aliphatic rings. The van der Waals surface area contributed by atoms with Crippen LogP contribution in [-0.4, -0.2) is 45.8 Å². The number of hydrogen-bond donors (Lipinski definition) is 3. The molecule has 0 aliphatic heterocycles. The lowest BCUT2D eigenvalue weighted by molar-refractivity contribution is -0.113. The minimum atomic E-state index is -0.184. The van der Waals surface area contributed by atoms with E-state index in [1.54, 1.807) is 25.3 Å². The second kappa shape index (κ2) is 7.26. The second-order valence-corrected chi connectivity index (χ2v) is 5.87. The molecule has 0 bridgehead atoms. The van der Waals surface area contributed by atoms with Crippen molar-refractivity contribution in [2.24, 2.45) is 0 Å². The standard InChI is InChI=1S/C15H16N6O3S/c1-23-9-4-3-8(5-10(9)24-2)19-11(22)6-25-15-20-12-13(16)17-7-18-14(12)21-15/h3-5,7H,6H2,1-2H3,(H,19,22)(H3,16,17,18,20,21). The number of nitrogen functional groups attached to an aromatic ring is 1. The summed E-state index contributed by atoms with van der Waals surface area (Å²) < 4.78 is 10.4. The molecular weight excluding hydrogens is 344 g/mol. The van der Waals surface area contributed by atoms with Crippen LogP contribution in [0.25, 0.3) is 11.2 Å². The summed E-state index contributed by atoms with van der Waals surface area (Å²) in [7, 11) is 3.09. The van der Waals surface area contributed by atoms with Gasteiger partial charge in [-0.25, -0.2) is 15.0 Å². The topological polar surface area (TPSA) is 128 Å². The maximum atomic E-state index is 12.1. The van der Waals surface area contributed by atoms with Gasteiger partial charge in [0.15, 0.2) is 28.1 Å². The largest absolute Gasteiger partial charge is 0.493 e. The summed E-state index contributed by atoms with van der Waals surface area (Å²) in [4.78, 5) is 27.3. The van der Waals surface area contributed by atoms with Gasteiger partial charge in [0.2, 0.25) is 5.91 Å². The molecular formula is C15H16N6O3S. The molecule has 0 unspecified atom stereocenters. The average molecular weight is 360 g/mol. The van der Waals surface area contributed by atoms with Gasteiger partial charge in [-0.05, 0) is 12.1 Å². The first-order chi connectivity index (χ1) is 12.1. The highest BCUT2D eigenvalue weighted by molar-refractivity contribution is 7.99. The monoisotopic (exact) mass is 360 g/mol. The van der Waals surface area contributed by atoms with E-state index in [-0.39, 0.29) is 11.7 Å². The fourth-order valence-electron chi connectivity index (χ4n) is 2.14. The molecule has 0 radical (unpaired) electrons. The molecule has 1 amide bonds. The number of amides is 1. The molecule has 3 aromatic rings. The van der Waals surface area contributed by atoms with Crippen molar-refractivity contribution >= 4 is 40.3 Å². The van der Waals surface area contributed by atoms with Crippen molar-refractivity contribution in [3.05, 3.63) is 24.5 Å². The van der Waals surface area contributed by atoms with Crippen molar-refractivity contribution < 1.29 is 14.3 Å². The normalized spacial score (nSPS) is 10.6. The first kappa shape index (κ1) is 16.8. The summed E-state index contributed by atoms with van der Waals surface area (Å²) in [6, 6.07) is 5.16. The van der Waals surface area contributed by atoms with Crippen LogP contribution >= 0.6 is 11.8 Å². The zero-order valence-corrected chi connectivity index (χ0v) is 14.4. The summed E-state index contributed by atoms with van der Waals surface area (Å²) in [5.41, 5.74) is 7.39. The quantitative estimate of drug-likeness (QED) is 0.567. The molecule has 0 spiro atoms. The minimum Gasteiger partial charge on any atom is -0.493 e. The number of nitrogens with one attached hydrogen (secondary N) is 2. The molecule has 130 valence electrons. The highest BCUT2D eigenvalue weighted by Gasteiger charge is 2.11. The molecule has 0 saturated heterocycles. The predicted molar refractivity (Wildman–Crippen MR) is 95.0 cm³/mol. The number of methoxy groups -OCH3 is 2. The Hall–Kier alpha value is -3.01. The summed E-state index contributed by atoms with van der Waals surface area (Å²) in [5, 5.41) is 3.34. The lowest BCUT2D eigenvalue weighted by atomic mass is 10.2. The van der Waals surface area contributed by atoms with Gasteiger partial charge in [0, 0.05) is 11.8 Å². The Morgan fingerprint density at radius 1 is 1.28 bits per heavy atom. The summed E-state index contributed by atoms with van der Waals surface area (Å²) in [5.74, 6) is 1.44. The summed E-state index contributed by atoms with van der Waals surface area (Å²) >= 11 is 1.24. The van der Waals surface area contributed by atoms with E-state index >= 15 is 0 Å². The molecule has 0 saturated carbocycles. The number of carbonyl (C=O) groups excluding carboxylic acids is 1. The van der Waals surface area contributed by atoms with E-state index in [1.807, 2.05) is 0 Å². The molecule has 2 heterocycles. The number of rotatable bonds is 6. The van der Waals surface area contributed by atoms with E-state index in [4.69, 9.17) is 15.2 Å². The molecule has 9 nitrogen and oxygen atoms in total. The van der Waals surface area contributed by atoms with Gasteiger partial charge < -0.3 is 25.5 Å². The van der Waals surface area contributed by atoms with Crippen LogP contribution in [0.2, 0.25) is 0 Å². The molecule has 25 heavy (non-hydrogen) atoms. The summed E-state index contributed by atoms with van der Waals surface area (Å²) in [6.45, 7) is 0. The van der Waals surface area contributed by atoms with E-state index in [2.05, 4.69) is 25.3 Å². The molecule has 1 aromatic carbocycles. The Morgan fingerprint density at radius 2 is 2.08 bits per heavy atom. The van der Waals surface area contributed by atoms with Crippen molar-refractivity contribution in [3.63, 3.8) is 0 Å².